The lowest BCUT2D eigenvalue weighted by atomic mass is 9.78. The van der Waals surface area contributed by atoms with Crippen molar-refractivity contribution >= 4 is 29.9 Å². The summed E-state index contributed by atoms with van der Waals surface area (Å²) >= 11 is 0. The van der Waals surface area contributed by atoms with Gasteiger partial charge in [0.25, 0.3) is 5.91 Å². The van der Waals surface area contributed by atoms with E-state index >= 15 is 0 Å². The highest BCUT2D eigenvalue weighted by Gasteiger charge is 2.39. The smallest absolute Gasteiger partial charge is 0.251 e. The van der Waals surface area contributed by atoms with Crippen LogP contribution in [0.4, 0.5) is 5.69 Å². The van der Waals surface area contributed by atoms with E-state index in [1.54, 1.807) is 31.4 Å². The molecule has 1 aromatic rings. The first-order valence-electron chi connectivity index (χ1n) is 8.50. The highest BCUT2D eigenvalue weighted by atomic mass is 35.5. The summed E-state index contributed by atoms with van der Waals surface area (Å²) < 4.78 is 5.29. The van der Waals surface area contributed by atoms with Gasteiger partial charge in [-0.2, -0.15) is 0 Å². The molecule has 1 aliphatic rings. The van der Waals surface area contributed by atoms with Gasteiger partial charge in [-0.15, -0.1) is 12.4 Å². The lowest BCUT2D eigenvalue weighted by molar-refractivity contribution is -0.130. The molecular formula is C18H28ClN3O3. The summed E-state index contributed by atoms with van der Waals surface area (Å²) in [6.07, 6.45) is 2.41. The van der Waals surface area contributed by atoms with Crippen molar-refractivity contribution in [3.8, 4) is 0 Å². The zero-order valence-corrected chi connectivity index (χ0v) is 15.7. The molecule has 6 nitrogen and oxygen atoms in total. The van der Waals surface area contributed by atoms with E-state index < -0.39 is 5.41 Å². The molecule has 25 heavy (non-hydrogen) atoms. The second kappa shape index (κ2) is 10.4. The molecule has 140 valence electrons. The number of methoxy groups -OCH3 is 1. The van der Waals surface area contributed by atoms with Crippen LogP contribution in [0.3, 0.4) is 0 Å². The predicted octanol–water partition coefficient (Wildman–Crippen LogP) is 2.20. The number of amides is 2. The number of benzene rings is 1. The third-order valence-corrected chi connectivity index (χ3v) is 4.40. The molecule has 1 saturated heterocycles. The molecule has 0 unspecified atom stereocenters. The van der Waals surface area contributed by atoms with Crippen molar-refractivity contribution < 1.29 is 14.3 Å². The van der Waals surface area contributed by atoms with Gasteiger partial charge in [-0.25, -0.2) is 0 Å². The average molecular weight is 370 g/mol. The van der Waals surface area contributed by atoms with Crippen LogP contribution in [0.1, 0.15) is 36.5 Å². The lowest BCUT2D eigenvalue weighted by Crippen LogP contribution is -2.47. The molecule has 0 radical (unpaired) electrons. The van der Waals surface area contributed by atoms with Crippen LogP contribution in [-0.2, 0) is 9.53 Å². The van der Waals surface area contributed by atoms with Gasteiger partial charge in [-0.05, 0) is 56.6 Å². The van der Waals surface area contributed by atoms with Gasteiger partial charge in [0, 0.05) is 24.9 Å². The fourth-order valence-corrected chi connectivity index (χ4v) is 2.93. The number of carbonyl (C=O) groups excluding carboxylic acids is 2. The van der Waals surface area contributed by atoms with E-state index in [-0.39, 0.29) is 24.2 Å². The van der Waals surface area contributed by atoms with Crippen LogP contribution in [0.5, 0.6) is 0 Å². The van der Waals surface area contributed by atoms with Gasteiger partial charge in [-0.3, -0.25) is 9.59 Å². The second-order valence-corrected chi connectivity index (χ2v) is 6.25. The fourth-order valence-electron chi connectivity index (χ4n) is 2.93. The predicted molar refractivity (Wildman–Crippen MR) is 101 cm³/mol. The average Bonchev–Trinajstić information content (AvgIpc) is 2.61. The largest absolute Gasteiger partial charge is 0.384 e. The topological polar surface area (TPSA) is 79.5 Å². The molecular weight excluding hydrogens is 342 g/mol. The van der Waals surface area contributed by atoms with E-state index in [2.05, 4.69) is 16.0 Å². The molecule has 2 rings (SSSR count). The quantitative estimate of drug-likeness (QED) is 0.688. The zero-order valence-electron chi connectivity index (χ0n) is 14.9. The third kappa shape index (κ3) is 5.70. The third-order valence-electron chi connectivity index (χ3n) is 4.40. The van der Waals surface area contributed by atoms with Crippen LogP contribution >= 0.6 is 12.4 Å². The first-order valence-corrected chi connectivity index (χ1v) is 8.50. The molecule has 1 heterocycles. The first-order chi connectivity index (χ1) is 11.6. The van der Waals surface area contributed by atoms with E-state index in [1.165, 1.54) is 0 Å². The normalized spacial score (nSPS) is 15.8. The Labute approximate surface area is 155 Å². The monoisotopic (exact) mass is 369 g/mol. The number of carbonyl (C=O) groups is 2. The van der Waals surface area contributed by atoms with Crippen molar-refractivity contribution in [2.45, 2.75) is 26.2 Å². The molecule has 0 aromatic heterocycles. The molecule has 0 aliphatic carbocycles. The number of hydrogen-bond acceptors (Lipinski definition) is 4. The number of piperidine rings is 1. The first kappa shape index (κ1) is 21.4. The fraction of sp³-hybridized carbons (Fsp3) is 0.556. The Morgan fingerprint density at radius 2 is 1.84 bits per heavy atom. The Hall–Kier alpha value is -1.63. The molecule has 3 N–H and O–H groups in total. The minimum absolute atomic E-state index is 0. The Bertz CT molecular complexity index is 552. The van der Waals surface area contributed by atoms with Crippen LogP contribution in [-0.4, -0.2) is 45.2 Å². The van der Waals surface area contributed by atoms with Crippen molar-refractivity contribution in [2.24, 2.45) is 5.41 Å². The van der Waals surface area contributed by atoms with Gasteiger partial charge in [-0.1, -0.05) is 6.92 Å². The number of ether oxygens (including phenoxy) is 1. The van der Waals surface area contributed by atoms with Crippen molar-refractivity contribution in [1.82, 2.24) is 10.6 Å². The van der Waals surface area contributed by atoms with Crippen LogP contribution in [0.15, 0.2) is 24.3 Å². The summed E-state index contributed by atoms with van der Waals surface area (Å²) in [5.74, 6) is -0.113. The molecule has 0 saturated carbocycles. The Morgan fingerprint density at radius 1 is 1.20 bits per heavy atom. The molecule has 0 bridgehead atoms. The number of halogens is 1. The van der Waals surface area contributed by atoms with Gasteiger partial charge in [0.1, 0.15) is 0 Å². The Kier molecular flexibility index (Phi) is 8.89. The molecule has 1 aromatic carbocycles. The molecule has 1 aliphatic heterocycles. The highest BCUT2D eigenvalue weighted by molar-refractivity contribution is 5.97. The molecule has 7 heteroatoms. The van der Waals surface area contributed by atoms with Gasteiger partial charge < -0.3 is 20.7 Å². The van der Waals surface area contributed by atoms with Gasteiger partial charge in [0.15, 0.2) is 0 Å². The zero-order chi connectivity index (χ0) is 17.4. The van der Waals surface area contributed by atoms with E-state index in [0.717, 1.165) is 32.4 Å². The second-order valence-electron chi connectivity index (χ2n) is 6.25. The summed E-state index contributed by atoms with van der Waals surface area (Å²) in [7, 11) is 1.63. The number of anilines is 1. The van der Waals surface area contributed by atoms with E-state index in [9.17, 15) is 9.59 Å². The number of rotatable bonds is 7. The maximum absolute atomic E-state index is 12.7. The van der Waals surface area contributed by atoms with E-state index in [1.807, 2.05) is 6.92 Å². The standard InChI is InChI=1S/C18H27N3O3.ClH/c1-3-10-20-16(22)14-4-6-15(7-5-14)21-17(23)18(13-24-2)8-11-19-12-9-18;/h4-7,19H,3,8-13H2,1-2H3,(H,20,22)(H,21,23);1H. The van der Waals surface area contributed by atoms with Crippen LogP contribution in [0.25, 0.3) is 0 Å². The summed E-state index contributed by atoms with van der Waals surface area (Å²) in [6, 6.07) is 6.98. The maximum Gasteiger partial charge on any atom is 0.251 e. The van der Waals surface area contributed by atoms with Crippen molar-refractivity contribution in [1.29, 1.82) is 0 Å². The van der Waals surface area contributed by atoms with Gasteiger partial charge in [0.05, 0.1) is 12.0 Å². The summed E-state index contributed by atoms with van der Waals surface area (Å²) in [6.45, 7) is 4.71. The number of hydrogen-bond donors (Lipinski definition) is 3. The SMILES string of the molecule is CCCNC(=O)c1ccc(NC(=O)C2(COC)CCNCC2)cc1.Cl. The maximum atomic E-state index is 12.7. The van der Waals surface area contributed by atoms with Crippen LogP contribution in [0.2, 0.25) is 0 Å². The Morgan fingerprint density at radius 3 is 2.40 bits per heavy atom. The summed E-state index contributed by atoms with van der Waals surface area (Å²) in [5.41, 5.74) is 0.799. The highest BCUT2D eigenvalue weighted by Crippen LogP contribution is 2.30. The minimum atomic E-state index is -0.489. The summed E-state index contributed by atoms with van der Waals surface area (Å²) in [5, 5.41) is 9.08. The minimum Gasteiger partial charge on any atom is -0.384 e. The molecule has 0 spiro atoms. The van der Waals surface area contributed by atoms with E-state index in [0.29, 0.717) is 24.4 Å². The van der Waals surface area contributed by atoms with Gasteiger partial charge in [0.2, 0.25) is 5.91 Å². The summed E-state index contributed by atoms with van der Waals surface area (Å²) in [4.78, 5) is 24.6. The number of nitrogens with one attached hydrogen (secondary N) is 3. The Balaban J connectivity index is 0.00000312. The van der Waals surface area contributed by atoms with Crippen LogP contribution in [0, 0.1) is 5.41 Å². The van der Waals surface area contributed by atoms with Crippen molar-refractivity contribution in [3.05, 3.63) is 29.8 Å². The van der Waals surface area contributed by atoms with Crippen molar-refractivity contribution in [2.75, 3.05) is 38.7 Å². The van der Waals surface area contributed by atoms with Crippen LogP contribution < -0.4 is 16.0 Å². The van der Waals surface area contributed by atoms with E-state index in [4.69, 9.17) is 4.74 Å². The van der Waals surface area contributed by atoms with Crippen molar-refractivity contribution in [3.63, 3.8) is 0 Å². The van der Waals surface area contributed by atoms with Gasteiger partial charge >= 0.3 is 0 Å². The molecule has 1 fully saturated rings. The lowest BCUT2D eigenvalue weighted by Gasteiger charge is -2.35. The molecule has 2 amide bonds. The molecule has 0 atom stereocenters.